The zero-order valence-electron chi connectivity index (χ0n) is 10.5. The van der Waals surface area contributed by atoms with Crippen molar-refractivity contribution in [1.29, 1.82) is 0 Å². The number of amides is 1. The van der Waals surface area contributed by atoms with Gasteiger partial charge in [-0.25, -0.2) is 0 Å². The van der Waals surface area contributed by atoms with E-state index < -0.39 is 6.10 Å². The van der Waals surface area contributed by atoms with Gasteiger partial charge in [0.1, 0.15) is 0 Å². The van der Waals surface area contributed by atoms with Crippen LogP contribution in [0.3, 0.4) is 0 Å². The van der Waals surface area contributed by atoms with Gasteiger partial charge < -0.3 is 10.1 Å². The lowest BCUT2D eigenvalue weighted by Crippen LogP contribution is -2.22. The fourth-order valence-electron chi connectivity index (χ4n) is 1.80. The van der Waals surface area contributed by atoms with Crippen LogP contribution in [0.4, 0.5) is 5.69 Å². The van der Waals surface area contributed by atoms with Crippen molar-refractivity contribution >= 4 is 34.2 Å². The number of hydrogen-bond acceptors (Lipinski definition) is 2. The van der Waals surface area contributed by atoms with Crippen molar-refractivity contribution in [2.45, 2.75) is 6.10 Å². The number of ether oxygens (including phenoxy) is 1. The third kappa shape index (κ3) is 3.78. The molecule has 0 saturated carbocycles. The average molecular weight is 367 g/mol. The van der Waals surface area contributed by atoms with Gasteiger partial charge in [0.05, 0.1) is 0 Å². The second-order valence-electron chi connectivity index (χ2n) is 4.03. The predicted octanol–water partition coefficient (Wildman–Crippen LogP) is 3.62. The van der Waals surface area contributed by atoms with Crippen LogP contribution >= 0.6 is 22.6 Å². The zero-order valence-corrected chi connectivity index (χ0v) is 12.6. The first-order chi connectivity index (χ1) is 9.20. The summed E-state index contributed by atoms with van der Waals surface area (Å²) < 4.78 is 6.36. The summed E-state index contributed by atoms with van der Waals surface area (Å²) in [5.74, 6) is -0.171. The Hall–Kier alpha value is -1.40. The molecule has 1 amide bonds. The number of halogens is 1. The van der Waals surface area contributed by atoms with Gasteiger partial charge in [-0.05, 0) is 46.4 Å². The summed E-state index contributed by atoms with van der Waals surface area (Å²) in [6.07, 6.45) is -0.598. The molecule has 19 heavy (non-hydrogen) atoms. The fourth-order valence-corrected chi connectivity index (χ4v) is 2.34. The molecule has 0 saturated heterocycles. The molecule has 2 aromatic rings. The maximum Gasteiger partial charge on any atom is 0.258 e. The van der Waals surface area contributed by atoms with Crippen molar-refractivity contribution in [3.05, 3.63) is 63.7 Å². The van der Waals surface area contributed by atoms with Gasteiger partial charge in [0.15, 0.2) is 6.10 Å². The van der Waals surface area contributed by atoms with Crippen LogP contribution in [0.1, 0.15) is 11.7 Å². The van der Waals surface area contributed by atoms with Gasteiger partial charge in [0, 0.05) is 16.4 Å². The number of nitrogens with one attached hydrogen (secondary N) is 1. The van der Waals surface area contributed by atoms with Crippen molar-refractivity contribution < 1.29 is 9.53 Å². The number of methoxy groups -OCH3 is 1. The monoisotopic (exact) mass is 367 g/mol. The molecule has 0 aliphatic carbocycles. The van der Waals surface area contributed by atoms with Crippen LogP contribution in [0.2, 0.25) is 0 Å². The highest BCUT2D eigenvalue weighted by Crippen LogP contribution is 2.19. The quantitative estimate of drug-likeness (QED) is 0.839. The Morgan fingerprint density at radius 3 is 2.53 bits per heavy atom. The maximum absolute atomic E-state index is 12.2. The van der Waals surface area contributed by atoms with Crippen LogP contribution < -0.4 is 5.32 Å². The van der Waals surface area contributed by atoms with Crippen LogP contribution in [0, 0.1) is 3.57 Å². The molecule has 1 N–H and O–H groups in total. The third-order valence-electron chi connectivity index (χ3n) is 2.67. The minimum atomic E-state index is -0.598. The number of benzene rings is 2. The normalized spacial score (nSPS) is 11.9. The molecule has 3 nitrogen and oxygen atoms in total. The van der Waals surface area contributed by atoms with Gasteiger partial charge >= 0.3 is 0 Å². The Balaban J connectivity index is 2.14. The van der Waals surface area contributed by atoms with E-state index in [4.69, 9.17) is 4.74 Å². The van der Waals surface area contributed by atoms with Crippen molar-refractivity contribution in [3.8, 4) is 0 Å². The van der Waals surface area contributed by atoms with E-state index >= 15 is 0 Å². The van der Waals surface area contributed by atoms with Crippen molar-refractivity contribution in [2.24, 2.45) is 0 Å². The Morgan fingerprint density at radius 1 is 1.16 bits per heavy atom. The van der Waals surface area contributed by atoms with Crippen LogP contribution in [0.15, 0.2) is 54.6 Å². The summed E-state index contributed by atoms with van der Waals surface area (Å²) in [6, 6.07) is 17.1. The van der Waals surface area contributed by atoms with Gasteiger partial charge in [0.2, 0.25) is 0 Å². The largest absolute Gasteiger partial charge is 0.367 e. The van der Waals surface area contributed by atoms with Crippen molar-refractivity contribution in [3.63, 3.8) is 0 Å². The molecule has 0 aliphatic heterocycles. The van der Waals surface area contributed by atoms with Gasteiger partial charge in [-0.1, -0.05) is 36.4 Å². The Kier molecular flexibility index (Phi) is 4.93. The maximum atomic E-state index is 12.2. The summed E-state index contributed by atoms with van der Waals surface area (Å²) in [4.78, 5) is 12.2. The predicted molar refractivity (Wildman–Crippen MR) is 84.0 cm³/mol. The van der Waals surface area contributed by atoms with Gasteiger partial charge in [0.25, 0.3) is 5.91 Å². The second kappa shape index (κ2) is 6.68. The highest BCUT2D eigenvalue weighted by atomic mass is 127. The average Bonchev–Trinajstić information content (AvgIpc) is 2.41. The van der Waals surface area contributed by atoms with Gasteiger partial charge in [-0.2, -0.15) is 0 Å². The molecule has 1 unspecified atom stereocenters. The van der Waals surface area contributed by atoms with Crippen LogP contribution in [0.25, 0.3) is 0 Å². The first-order valence-electron chi connectivity index (χ1n) is 5.85. The molecule has 1 atom stereocenters. The summed E-state index contributed by atoms with van der Waals surface area (Å²) in [6.45, 7) is 0. The van der Waals surface area contributed by atoms with E-state index in [1.54, 1.807) is 0 Å². The molecular formula is C15H14INO2. The molecular weight excluding hydrogens is 353 g/mol. The summed E-state index contributed by atoms with van der Waals surface area (Å²) >= 11 is 2.21. The minimum Gasteiger partial charge on any atom is -0.367 e. The number of rotatable bonds is 4. The molecule has 0 spiro atoms. The summed E-state index contributed by atoms with van der Waals surface area (Å²) in [7, 11) is 1.53. The Labute approximate surface area is 126 Å². The van der Waals surface area contributed by atoms with Crippen molar-refractivity contribution in [1.82, 2.24) is 0 Å². The first-order valence-corrected chi connectivity index (χ1v) is 6.93. The van der Waals surface area contributed by atoms with E-state index in [1.807, 2.05) is 54.6 Å². The Bertz CT molecular complexity index is 557. The highest BCUT2D eigenvalue weighted by Gasteiger charge is 2.19. The standard InChI is InChI=1S/C15H14INO2/c1-19-14(11-6-3-2-4-7-11)15(18)17-13-9-5-8-12(16)10-13/h2-10,14H,1H3,(H,17,18). The lowest BCUT2D eigenvalue weighted by molar-refractivity contribution is -0.126. The molecule has 98 valence electrons. The smallest absolute Gasteiger partial charge is 0.258 e. The van der Waals surface area contributed by atoms with Crippen molar-refractivity contribution in [2.75, 3.05) is 12.4 Å². The fraction of sp³-hybridized carbons (Fsp3) is 0.133. The van der Waals surface area contributed by atoms with E-state index in [-0.39, 0.29) is 5.91 Å². The van der Waals surface area contributed by atoms with Crippen LogP contribution in [-0.2, 0) is 9.53 Å². The molecule has 0 aliphatic rings. The zero-order chi connectivity index (χ0) is 13.7. The highest BCUT2D eigenvalue weighted by molar-refractivity contribution is 14.1. The Morgan fingerprint density at radius 2 is 1.89 bits per heavy atom. The molecule has 4 heteroatoms. The molecule has 0 aromatic heterocycles. The molecule has 0 fully saturated rings. The molecule has 2 aromatic carbocycles. The number of carbonyl (C=O) groups is 1. The molecule has 2 rings (SSSR count). The second-order valence-corrected chi connectivity index (χ2v) is 5.27. The molecule has 0 radical (unpaired) electrons. The minimum absolute atomic E-state index is 0.171. The molecule has 0 heterocycles. The van der Waals surface area contributed by atoms with Gasteiger partial charge in [-0.3, -0.25) is 4.79 Å². The van der Waals surface area contributed by atoms with E-state index in [2.05, 4.69) is 27.9 Å². The topological polar surface area (TPSA) is 38.3 Å². The van der Waals surface area contributed by atoms with Crippen LogP contribution in [0.5, 0.6) is 0 Å². The third-order valence-corrected chi connectivity index (χ3v) is 3.34. The van der Waals surface area contributed by atoms with E-state index in [1.165, 1.54) is 7.11 Å². The van der Waals surface area contributed by atoms with E-state index in [0.717, 1.165) is 14.8 Å². The first kappa shape index (κ1) is 14.0. The SMILES string of the molecule is COC(C(=O)Nc1cccc(I)c1)c1ccccc1. The molecule has 0 bridgehead atoms. The lowest BCUT2D eigenvalue weighted by atomic mass is 10.1. The summed E-state index contributed by atoms with van der Waals surface area (Å²) in [5.41, 5.74) is 1.61. The number of hydrogen-bond donors (Lipinski definition) is 1. The van der Waals surface area contributed by atoms with E-state index in [0.29, 0.717) is 0 Å². The van der Waals surface area contributed by atoms with Crippen LogP contribution in [-0.4, -0.2) is 13.0 Å². The van der Waals surface area contributed by atoms with E-state index in [9.17, 15) is 4.79 Å². The lowest BCUT2D eigenvalue weighted by Gasteiger charge is -2.15. The summed E-state index contributed by atoms with van der Waals surface area (Å²) in [5, 5.41) is 2.86. The number of carbonyl (C=O) groups excluding carboxylic acids is 1. The van der Waals surface area contributed by atoms with Gasteiger partial charge in [-0.15, -0.1) is 0 Å². The number of anilines is 1.